The molecule has 1 aromatic carbocycles. The largest absolute Gasteiger partial charge is 0.351 e. The van der Waals surface area contributed by atoms with Crippen molar-refractivity contribution in [3.05, 3.63) is 42.7 Å². The number of hydrogen-bond donors (Lipinski definition) is 2. The molecule has 0 aliphatic carbocycles. The molecule has 5 heteroatoms. The van der Waals surface area contributed by atoms with E-state index >= 15 is 0 Å². The van der Waals surface area contributed by atoms with Gasteiger partial charge in [0.15, 0.2) is 5.82 Å². The topological polar surface area (TPSA) is 80.9 Å². The molecule has 0 aliphatic heterocycles. The molecule has 2 rings (SSSR count). The van der Waals surface area contributed by atoms with Crippen LogP contribution in [0.5, 0.6) is 0 Å². The van der Waals surface area contributed by atoms with Crippen molar-refractivity contribution in [2.24, 2.45) is 5.73 Å². The van der Waals surface area contributed by atoms with Gasteiger partial charge in [-0.1, -0.05) is 0 Å². The van der Waals surface area contributed by atoms with Crippen LogP contribution in [0.1, 0.15) is 0 Å². The fraction of sp³-hybridized carbons (Fsp3) is 0. The van der Waals surface area contributed by atoms with Crippen LogP contribution in [-0.2, 0) is 0 Å². The third-order valence-corrected chi connectivity index (χ3v) is 1.98. The molecule has 0 atom stereocenters. The van der Waals surface area contributed by atoms with Crippen molar-refractivity contribution < 1.29 is 4.79 Å². The van der Waals surface area contributed by atoms with E-state index in [9.17, 15) is 4.79 Å². The van der Waals surface area contributed by atoms with Crippen molar-refractivity contribution in [3.63, 3.8) is 0 Å². The molecule has 0 spiro atoms. The predicted octanol–water partition coefficient (Wildman–Crippen LogP) is 1.63. The summed E-state index contributed by atoms with van der Waals surface area (Å²) in [5.41, 5.74) is 6.53. The molecular weight excluding hydrogens is 204 g/mol. The third kappa shape index (κ3) is 2.33. The second kappa shape index (κ2) is 4.39. The van der Waals surface area contributed by atoms with Gasteiger partial charge in [-0.3, -0.25) is 0 Å². The lowest BCUT2D eigenvalue weighted by atomic mass is 10.2. The maximum absolute atomic E-state index is 10.6. The quantitative estimate of drug-likeness (QED) is 0.797. The van der Waals surface area contributed by atoms with Crippen LogP contribution < -0.4 is 11.1 Å². The number of nitrogens with two attached hydrogens (primary N) is 1. The van der Waals surface area contributed by atoms with Crippen molar-refractivity contribution in [1.29, 1.82) is 0 Å². The Hall–Kier alpha value is -2.43. The Bertz CT molecular complexity index is 481. The Morgan fingerprint density at radius 3 is 2.31 bits per heavy atom. The normalized spacial score (nSPS) is 9.75. The highest BCUT2D eigenvalue weighted by Gasteiger charge is 2.00. The van der Waals surface area contributed by atoms with E-state index in [2.05, 4.69) is 15.3 Å². The van der Waals surface area contributed by atoms with E-state index in [4.69, 9.17) is 5.73 Å². The Kier molecular flexibility index (Phi) is 2.77. The first-order valence-corrected chi connectivity index (χ1v) is 4.69. The number of anilines is 1. The van der Waals surface area contributed by atoms with Crippen molar-refractivity contribution >= 4 is 11.7 Å². The first-order valence-electron chi connectivity index (χ1n) is 4.69. The molecule has 2 amide bonds. The molecule has 0 bridgehead atoms. The number of nitrogens with zero attached hydrogens (tertiary/aromatic N) is 2. The van der Waals surface area contributed by atoms with Gasteiger partial charge in [0.1, 0.15) is 0 Å². The maximum Gasteiger partial charge on any atom is 0.316 e. The van der Waals surface area contributed by atoms with Gasteiger partial charge in [-0.2, -0.15) is 0 Å². The number of amides is 2. The average molecular weight is 214 g/mol. The van der Waals surface area contributed by atoms with Crippen LogP contribution in [0.2, 0.25) is 0 Å². The number of aromatic nitrogens is 2. The fourth-order valence-electron chi connectivity index (χ4n) is 1.29. The van der Waals surface area contributed by atoms with Gasteiger partial charge < -0.3 is 11.1 Å². The van der Waals surface area contributed by atoms with E-state index in [1.165, 1.54) is 0 Å². The van der Waals surface area contributed by atoms with Gasteiger partial charge in [0.2, 0.25) is 0 Å². The summed E-state index contributed by atoms with van der Waals surface area (Å²) in [6.07, 6.45) is 3.36. The Balaban J connectivity index is 2.23. The molecule has 0 aliphatic rings. The zero-order valence-electron chi connectivity index (χ0n) is 8.42. The number of nitrogens with one attached hydrogen (secondary N) is 1. The van der Waals surface area contributed by atoms with Crippen LogP contribution >= 0.6 is 0 Å². The zero-order chi connectivity index (χ0) is 11.4. The van der Waals surface area contributed by atoms with Gasteiger partial charge >= 0.3 is 6.03 Å². The molecule has 80 valence electrons. The van der Waals surface area contributed by atoms with Crippen molar-refractivity contribution in [1.82, 2.24) is 9.97 Å². The predicted molar refractivity (Wildman–Crippen MR) is 60.7 cm³/mol. The fourth-order valence-corrected chi connectivity index (χ4v) is 1.29. The van der Waals surface area contributed by atoms with Crippen LogP contribution in [0.3, 0.4) is 0 Å². The summed E-state index contributed by atoms with van der Waals surface area (Å²) < 4.78 is 0. The minimum Gasteiger partial charge on any atom is -0.351 e. The zero-order valence-corrected chi connectivity index (χ0v) is 8.42. The van der Waals surface area contributed by atoms with Crippen molar-refractivity contribution in [2.45, 2.75) is 0 Å². The first kappa shape index (κ1) is 10.1. The number of primary amides is 1. The van der Waals surface area contributed by atoms with Gasteiger partial charge in [-0.25, -0.2) is 14.8 Å². The van der Waals surface area contributed by atoms with E-state index in [0.717, 1.165) is 5.56 Å². The molecule has 2 aromatic rings. The van der Waals surface area contributed by atoms with E-state index in [-0.39, 0.29) is 0 Å². The van der Waals surface area contributed by atoms with Crippen LogP contribution in [0.4, 0.5) is 10.5 Å². The number of carbonyl (C=O) groups excluding carboxylic acids is 1. The lowest BCUT2D eigenvalue weighted by Gasteiger charge is -2.02. The lowest BCUT2D eigenvalue weighted by Crippen LogP contribution is -2.19. The van der Waals surface area contributed by atoms with Crippen molar-refractivity contribution in [3.8, 4) is 11.4 Å². The average Bonchev–Trinajstić information content (AvgIpc) is 2.30. The third-order valence-electron chi connectivity index (χ3n) is 1.98. The molecule has 1 aromatic heterocycles. The van der Waals surface area contributed by atoms with Gasteiger partial charge in [0.05, 0.1) is 0 Å². The summed E-state index contributed by atoms with van der Waals surface area (Å²) in [5.74, 6) is 0.646. The number of benzene rings is 1. The number of hydrogen-bond acceptors (Lipinski definition) is 3. The maximum atomic E-state index is 10.6. The number of carbonyl (C=O) groups is 1. The summed E-state index contributed by atoms with van der Waals surface area (Å²) >= 11 is 0. The molecule has 3 N–H and O–H groups in total. The monoisotopic (exact) mass is 214 g/mol. The SMILES string of the molecule is NC(=O)Nc1ccc(-c2ncccn2)cc1. The minimum atomic E-state index is -0.580. The summed E-state index contributed by atoms with van der Waals surface area (Å²) in [7, 11) is 0. The highest BCUT2D eigenvalue weighted by Crippen LogP contribution is 2.16. The summed E-state index contributed by atoms with van der Waals surface area (Å²) in [5, 5.41) is 2.48. The van der Waals surface area contributed by atoms with Crippen LogP contribution in [0.15, 0.2) is 42.7 Å². The number of rotatable bonds is 2. The molecule has 0 saturated carbocycles. The Labute approximate surface area is 92.3 Å². The molecule has 16 heavy (non-hydrogen) atoms. The molecule has 1 heterocycles. The van der Waals surface area contributed by atoms with E-state index in [1.54, 1.807) is 30.6 Å². The van der Waals surface area contributed by atoms with Gasteiger partial charge in [0, 0.05) is 23.6 Å². The molecule has 5 nitrogen and oxygen atoms in total. The van der Waals surface area contributed by atoms with Crippen molar-refractivity contribution in [2.75, 3.05) is 5.32 Å². The van der Waals surface area contributed by atoms with Gasteiger partial charge in [-0.15, -0.1) is 0 Å². The first-order chi connectivity index (χ1) is 7.75. The Morgan fingerprint density at radius 2 is 1.75 bits per heavy atom. The molecular formula is C11H10N4O. The highest BCUT2D eigenvalue weighted by molar-refractivity contribution is 5.88. The van der Waals surface area contributed by atoms with Gasteiger partial charge in [-0.05, 0) is 30.3 Å². The van der Waals surface area contributed by atoms with Gasteiger partial charge in [0.25, 0.3) is 0 Å². The summed E-state index contributed by atoms with van der Waals surface area (Å²) in [6, 6.07) is 8.31. The molecule has 0 radical (unpaired) electrons. The summed E-state index contributed by atoms with van der Waals surface area (Å²) in [4.78, 5) is 18.8. The number of urea groups is 1. The van der Waals surface area contributed by atoms with Crippen LogP contribution in [-0.4, -0.2) is 16.0 Å². The van der Waals surface area contributed by atoms with Crippen LogP contribution in [0, 0.1) is 0 Å². The second-order valence-electron chi connectivity index (χ2n) is 3.14. The standard InChI is InChI=1S/C11H10N4O/c12-11(16)15-9-4-2-8(3-5-9)10-13-6-1-7-14-10/h1-7H,(H3,12,15,16). The minimum absolute atomic E-state index is 0.580. The molecule has 0 fully saturated rings. The van der Waals surface area contributed by atoms with Crippen LogP contribution in [0.25, 0.3) is 11.4 Å². The second-order valence-corrected chi connectivity index (χ2v) is 3.14. The van der Waals surface area contributed by atoms with E-state index in [0.29, 0.717) is 11.5 Å². The summed E-state index contributed by atoms with van der Waals surface area (Å²) in [6.45, 7) is 0. The lowest BCUT2D eigenvalue weighted by molar-refractivity contribution is 0.259. The smallest absolute Gasteiger partial charge is 0.316 e. The van der Waals surface area contributed by atoms with E-state index in [1.807, 2.05) is 12.1 Å². The molecule has 0 saturated heterocycles. The Morgan fingerprint density at radius 1 is 1.12 bits per heavy atom. The highest BCUT2D eigenvalue weighted by atomic mass is 16.2. The van der Waals surface area contributed by atoms with E-state index < -0.39 is 6.03 Å². The molecule has 0 unspecified atom stereocenters.